The van der Waals surface area contributed by atoms with E-state index in [2.05, 4.69) is 46.8 Å². The molecule has 4 nitrogen and oxygen atoms in total. The third-order valence-electron chi connectivity index (χ3n) is 4.80. The largest absolute Gasteiger partial charge is 0.461 e. The molecule has 25 heavy (non-hydrogen) atoms. The summed E-state index contributed by atoms with van der Waals surface area (Å²) in [4.78, 5) is 12.8. The van der Waals surface area contributed by atoms with E-state index in [1.165, 1.54) is 0 Å². The summed E-state index contributed by atoms with van der Waals surface area (Å²) >= 11 is 0. The zero-order valence-electron chi connectivity index (χ0n) is 16.5. The van der Waals surface area contributed by atoms with Crippen molar-refractivity contribution in [3.8, 4) is 0 Å². The van der Waals surface area contributed by atoms with Crippen LogP contribution in [0, 0.1) is 18.8 Å². The van der Waals surface area contributed by atoms with Crippen molar-refractivity contribution < 1.29 is 14.3 Å². The van der Waals surface area contributed by atoms with Gasteiger partial charge in [0.2, 0.25) is 0 Å². The van der Waals surface area contributed by atoms with Crippen LogP contribution < -0.4 is 0 Å². The van der Waals surface area contributed by atoms with Gasteiger partial charge in [-0.25, -0.2) is 0 Å². The first-order valence-corrected chi connectivity index (χ1v) is 9.05. The molecule has 2 aromatic rings. The number of rotatable bonds is 7. The van der Waals surface area contributed by atoms with Gasteiger partial charge in [-0.15, -0.1) is 0 Å². The summed E-state index contributed by atoms with van der Waals surface area (Å²) in [5.41, 5.74) is 3.24. The number of carbonyl (C=O) groups is 1. The molecule has 4 heteroatoms. The highest BCUT2D eigenvalue weighted by Crippen LogP contribution is 2.32. The lowest BCUT2D eigenvalue weighted by Gasteiger charge is -2.26. The topological polar surface area (TPSA) is 40.5 Å². The van der Waals surface area contributed by atoms with E-state index in [1.807, 2.05) is 23.8 Å². The minimum atomic E-state index is -0.318. The molecule has 0 fully saturated rings. The molecule has 0 bridgehead atoms. The quantitative estimate of drug-likeness (QED) is 0.671. The molecule has 1 aromatic carbocycles. The van der Waals surface area contributed by atoms with Gasteiger partial charge in [0.1, 0.15) is 12.8 Å². The van der Waals surface area contributed by atoms with E-state index >= 15 is 0 Å². The minimum absolute atomic E-state index is 0.0663. The fourth-order valence-electron chi connectivity index (χ4n) is 3.55. The van der Waals surface area contributed by atoms with Crippen molar-refractivity contribution in [1.82, 2.24) is 4.57 Å². The second-order valence-corrected chi connectivity index (χ2v) is 7.55. The van der Waals surface area contributed by atoms with Crippen LogP contribution in [0.2, 0.25) is 0 Å². The fraction of sp³-hybridized carbons (Fsp3) is 0.571. The van der Waals surface area contributed by atoms with Crippen LogP contribution in [-0.2, 0) is 21.0 Å². The van der Waals surface area contributed by atoms with Crippen molar-refractivity contribution in [2.75, 3.05) is 7.11 Å². The predicted molar refractivity (Wildman–Crippen MR) is 102 cm³/mol. The summed E-state index contributed by atoms with van der Waals surface area (Å²) in [6.45, 7) is 12.8. The highest BCUT2D eigenvalue weighted by atomic mass is 16.5. The van der Waals surface area contributed by atoms with Crippen molar-refractivity contribution in [3.05, 3.63) is 35.5 Å². The van der Waals surface area contributed by atoms with E-state index < -0.39 is 0 Å². The summed E-state index contributed by atoms with van der Waals surface area (Å²) < 4.78 is 13.2. The molecule has 1 aromatic heterocycles. The molecule has 0 radical (unpaired) electrons. The molecule has 0 amide bonds. The molecular formula is C21H31NO3. The molecule has 0 aliphatic rings. The Morgan fingerprint density at radius 2 is 1.76 bits per heavy atom. The Kier molecular flexibility index (Phi) is 6.28. The smallest absolute Gasteiger partial charge is 0.313 e. The number of hydrogen-bond acceptors (Lipinski definition) is 3. The summed E-state index contributed by atoms with van der Waals surface area (Å²) in [6, 6.07) is 6.17. The van der Waals surface area contributed by atoms with Crippen molar-refractivity contribution in [3.63, 3.8) is 0 Å². The highest BCUT2D eigenvalue weighted by Gasteiger charge is 2.28. The van der Waals surface area contributed by atoms with Gasteiger partial charge in [0.05, 0.1) is 11.4 Å². The molecular weight excluding hydrogens is 314 g/mol. The third kappa shape index (κ3) is 4.06. The Hall–Kier alpha value is -1.81. The Labute approximate surface area is 151 Å². The van der Waals surface area contributed by atoms with Crippen LogP contribution in [0.4, 0.5) is 0 Å². The van der Waals surface area contributed by atoms with E-state index in [1.54, 1.807) is 7.11 Å². The maximum Gasteiger partial charge on any atom is 0.313 e. The van der Waals surface area contributed by atoms with E-state index in [0.717, 1.165) is 22.0 Å². The van der Waals surface area contributed by atoms with E-state index in [9.17, 15) is 4.79 Å². The molecule has 0 saturated heterocycles. The first-order chi connectivity index (χ1) is 11.8. The van der Waals surface area contributed by atoms with Crippen molar-refractivity contribution in [2.24, 2.45) is 11.8 Å². The van der Waals surface area contributed by atoms with Gasteiger partial charge < -0.3 is 14.0 Å². The molecule has 1 heterocycles. The molecule has 138 valence electrons. The summed E-state index contributed by atoms with van der Waals surface area (Å²) in [5, 5.41) is 1.12. The van der Waals surface area contributed by atoms with Gasteiger partial charge in [-0.1, -0.05) is 39.8 Å². The van der Waals surface area contributed by atoms with Crippen molar-refractivity contribution in [1.29, 1.82) is 0 Å². The molecule has 0 saturated carbocycles. The van der Waals surface area contributed by atoms with E-state index in [4.69, 9.17) is 9.47 Å². The number of hydrogen-bond donors (Lipinski definition) is 0. The SMILES string of the molecule is COCn1cc([C@@H](C)C(=O)OC(C(C)C)C(C)C)c2c(C)cccc21. The first-order valence-electron chi connectivity index (χ1n) is 9.05. The second kappa shape index (κ2) is 8.05. The number of esters is 1. The minimum Gasteiger partial charge on any atom is -0.461 e. The Morgan fingerprint density at radius 3 is 2.32 bits per heavy atom. The number of benzene rings is 1. The number of aromatic nitrogens is 1. The van der Waals surface area contributed by atoms with Crippen molar-refractivity contribution in [2.45, 2.75) is 60.3 Å². The van der Waals surface area contributed by atoms with E-state index in [-0.39, 0.29) is 18.0 Å². The van der Waals surface area contributed by atoms with Crippen LogP contribution in [0.25, 0.3) is 10.9 Å². The highest BCUT2D eigenvalue weighted by molar-refractivity contribution is 5.92. The Bertz CT molecular complexity index is 722. The van der Waals surface area contributed by atoms with Crippen LogP contribution in [0.3, 0.4) is 0 Å². The third-order valence-corrected chi connectivity index (χ3v) is 4.80. The number of ether oxygens (including phenoxy) is 2. The van der Waals surface area contributed by atoms with Gasteiger partial charge in [-0.3, -0.25) is 4.79 Å². The number of fused-ring (bicyclic) bond motifs is 1. The van der Waals surface area contributed by atoms with Gasteiger partial charge in [-0.2, -0.15) is 0 Å². The molecule has 0 aliphatic heterocycles. The van der Waals surface area contributed by atoms with Crippen molar-refractivity contribution >= 4 is 16.9 Å². The average molecular weight is 345 g/mol. The zero-order valence-corrected chi connectivity index (χ0v) is 16.5. The molecule has 0 aliphatic carbocycles. The molecule has 0 unspecified atom stereocenters. The van der Waals surface area contributed by atoms with Crippen LogP contribution in [0.5, 0.6) is 0 Å². The molecule has 2 rings (SSSR count). The van der Waals surface area contributed by atoms with Crippen LogP contribution >= 0.6 is 0 Å². The first kappa shape index (κ1) is 19.5. The predicted octanol–water partition coefficient (Wildman–Crippen LogP) is 4.88. The van der Waals surface area contributed by atoms with Gasteiger partial charge in [0, 0.05) is 18.7 Å². The van der Waals surface area contributed by atoms with Crippen LogP contribution in [0.15, 0.2) is 24.4 Å². The molecule has 0 spiro atoms. The lowest BCUT2D eigenvalue weighted by Crippen LogP contribution is -2.30. The van der Waals surface area contributed by atoms with Crippen LogP contribution in [0.1, 0.15) is 51.7 Å². The Balaban J connectivity index is 2.38. The number of nitrogens with zero attached hydrogens (tertiary/aromatic N) is 1. The van der Waals surface area contributed by atoms with Crippen LogP contribution in [-0.4, -0.2) is 23.8 Å². The van der Waals surface area contributed by atoms with Gasteiger partial charge in [-0.05, 0) is 42.9 Å². The molecule has 0 N–H and O–H groups in total. The maximum atomic E-state index is 12.8. The van der Waals surface area contributed by atoms with Gasteiger partial charge in [0.15, 0.2) is 0 Å². The Morgan fingerprint density at radius 1 is 1.12 bits per heavy atom. The molecule has 1 atom stereocenters. The standard InChI is InChI=1S/C21H31NO3/c1-13(2)20(14(3)4)25-21(23)16(6)17-11-22(12-24-7)18-10-8-9-15(5)19(17)18/h8-11,13-14,16,20H,12H2,1-7H3/t16-/m1/s1. The van der Waals surface area contributed by atoms with E-state index in [0.29, 0.717) is 18.6 Å². The second-order valence-electron chi connectivity index (χ2n) is 7.55. The monoisotopic (exact) mass is 345 g/mol. The maximum absolute atomic E-state index is 12.8. The number of aryl methyl sites for hydroxylation is 1. The fourth-order valence-corrected chi connectivity index (χ4v) is 3.55. The van der Waals surface area contributed by atoms with Gasteiger partial charge >= 0.3 is 5.97 Å². The number of methoxy groups -OCH3 is 1. The van der Waals surface area contributed by atoms with Gasteiger partial charge in [0.25, 0.3) is 0 Å². The normalized spacial score (nSPS) is 13.2. The summed E-state index contributed by atoms with van der Waals surface area (Å²) in [7, 11) is 1.68. The lowest BCUT2D eigenvalue weighted by molar-refractivity contribution is -0.155. The average Bonchev–Trinajstić information content (AvgIpc) is 2.91. The number of carbonyl (C=O) groups excluding carboxylic acids is 1. The zero-order chi connectivity index (χ0) is 18.7. The summed E-state index contributed by atoms with van der Waals surface area (Å²) in [6.07, 6.45) is 1.95. The summed E-state index contributed by atoms with van der Waals surface area (Å²) in [5.74, 6) is 0.120. The lowest BCUT2D eigenvalue weighted by atomic mass is 9.95.